The summed E-state index contributed by atoms with van der Waals surface area (Å²) in [6, 6.07) is 5.83. The number of amides is 1. The lowest BCUT2D eigenvalue weighted by molar-refractivity contribution is -0.130. The van der Waals surface area contributed by atoms with E-state index >= 15 is 0 Å². The predicted octanol–water partition coefficient (Wildman–Crippen LogP) is 6.67. The third-order valence-electron chi connectivity index (χ3n) is 4.31. The van der Waals surface area contributed by atoms with Crippen molar-refractivity contribution in [3.05, 3.63) is 34.8 Å². The molecule has 3 nitrogen and oxygen atoms in total. The molecule has 2 aromatic rings. The maximum Gasteiger partial charge on any atom is 0.223 e. The SMILES string of the molecule is C.C.CC(CC(=O)N1[CH]CCCCCC1)c1nc2c(Cl)cccc2s1. The minimum atomic E-state index is 0. The molecule has 1 fully saturated rings. The molecule has 1 saturated heterocycles. The molecule has 3 rings (SSSR count). The van der Waals surface area contributed by atoms with Crippen LogP contribution < -0.4 is 0 Å². The second-order valence-corrected chi connectivity index (χ2v) is 7.69. The maximum atomic E-state index is 12.6. The molecule has 1 atom stereocenters. The fourth-order valence-electron chi connectivity index (χ4n) is 2.95. The van der Waals surface area contributed by atoms with Crippen LogP contribution in [0.15, 0.2) is 18.2 Å². The van der Waals surface area contributed by atoms with Gasteiger partial charge in [-0.25, -0.2) is 4.98 Å². The third-order valence-corrected chi connectivity index (χ3v) is 5.87. The van der Waals surface area contributed by atoms with E-state index in [0.717, 1.165) is 34.6 Å². The lowest BCUT2D eigenvalue weighted by Gasteiger charge is -2.25. The van der Waals surface area contributed by atoms with E-state index in [1.54, 1.807) is 11.3 Å². The number of benzene rings is 1. The Morgan fingerprint density at radius 3 is 2.80 bits per heavy atom. The number of aromatic nitrogens is 1. The molecule has 0 spiro atoms. The van der Waals surface area contributed by atoms with E-state index in [1.807, 2.05) is 23.1 Å². The number of hydrogen-bond donors (Lipinski definition) is 0. The molecule has 2 heterocycles. The number of carbonyl (C=O) groups is 1. The average Bonchev–Trinajstić information content (AvgIpc) is 2.92. The van der Waals surface area contributed by atoms with Crippen LogP contribution in [0.25, 0.3) is 10.2 Å². The van der Waals surface area contributed by atoms with Crippen molar-refractivity contribution in [2.75, 3.05) is 6.54 Å². The van der Waals surface area contributed by atoms with E-state index in [2.05, 4.69) is 18.5 Å². The number of hydrogen-bond acceptors (Lipinski definition) is 3. The van der Waals surface area contributed by atoms with E-state index in [1.165, 1.54) is 19.3 Å². The molecular formula is C20H30ClN2OS. The first kappa shape index (κ1) is 21.9. The van der Waals surface area contributed by atoms with Crippen LogP contribution in [0.4, 0.5) is 0 Å². The molecule has 0 saturated carbocycles. The van der Waals surface area contributed by atoms with Crippen molar-refractivity contribution in [1.29, 1.82) is 0 Å². The van der Waals surface area contributed by atoms with Crippen molar-refractivity contribution in [3.63, 3.8) is 0 Å². The fraction of sp³-hybridized carbons (Fsp3) is 0.550. The van der Waals surface area contributed by atoms with E-state index in [4.69, 9.17) is 11.6 Å². The molecule has 1 radical (unpaired) electrons. The zero-order valence-corrected chi connectivity index (χ0v) is 15.0. The molecule has 25 heavy (non-hydrogen) atoms. The maximum absolute atomic E-state index is 12.6. The molecule has 1 aromatic carbocycles. The number of nitrogens with zero attached hydrogens (tertiary/aromatic N) is 2. The normalized spacial score (nSPS) is 16.3. The van der Waals surface area contributed by atoms with Gasteiger partial charge >= 0.3 is 0 Å². The van der Waals surface area contributed by atoms with Gasteiger partial charge in [-0.05, 0) is 25.0 Å². The number of halogens is 1. The smallest absolute Gasteiger partial charge is 0.223 e. The van der Waals surface area contributed by atoms with Crippen LogP contribution in [0, 0.1) is 6.54 Å². The number of para-hydroxylation sites is 1. The number of fused-ring (bicyclic) bond motifs is 1. The molecule has 0 aliphatic carbocycles. The third kappa shape index (κ3) is 5.42. The number of rotatable bonds is 3. The molecule has 0 bridgehead atoms. The monoisotopic (exact) mass is 381 g/mol. The first-order valence-corrected chi connectivity index (χ1v) is 9.52. The van der Waals surface area contributed by atoms with Gasteiger partial charge in [-0.1, -0.05) is 58.7 Å². The summed E-state index contributed by atoms with van der Waals surface area (Å²) in [7, 11) is 0. The van der Waals surface area contributed by atoms with Gasteiger partial charge in [0.25, 0.3) is 0 Å². The Labute approximate surface area is 161 Å². The molecule has 139 valence electrons. The van der Waals surface area contributed by atoms with Crippen molar-refractivity contribution in [2.24, 2.45) is 0 Å². The second kappa shape index (κ2) is 10.1. The highest BCUT2D eigenvalue weighted by molar-refractivity contribution is 7.18. The van der Waals surface area contributed by atoms with E-state index < -0.39 is 0 Å². The van der Waals surface area contributed by atoms with Crippen LogP contribution in [0.3, 0.4) is 0 Å². The summed E-state index contributed by atoms with van der Waals surface area (Å²) in [6.45, 7) is 5.02. The second-order valence-electron chi connectivity index (χ2n) is 6.22. The summed E-state index contributed by atoms with van der Waals surface area (Å²) in [4.78, 5) is 19.2. The summed E-state index contributed by atoms with van der Waals surface area (Å²) in [5.74, 6) is 0.333. The standard InChI is InChI=1S/C18H22ClN2OS.2CH4/c1-13(12-16(22)21-10-5-3-2-4-6-11-21)18-20-17-14(19)8-7-9-15(17)23-18;;/h7-10,13H,2-6,11-12H2,1H3;2*1H4. The topological polar surface area (TPSA) is 33.2 Å². The predicted molar refractivity (Wildman–Crippen MR) is 110 cm³/mol. The van der Waals surface area contributed by atoms with Gasteiger partial charge < -0.3 is 4.90 Å². The molecule has 1 aliphatic rings. The molecule has 0 N–H and O–H groups in total. The van der Waals surface area contributed by atoms with Gasteiger partial charge in [0, 0.05) is 18.9 Å². The van der Waals surface area contributed by atoms with Gasteiger partial charge in [0.15, 0.2) is 0 Å². The van der Waals surface area contributed by atoms with E-state index in [0.29, 0.717) is 11.4 Å². The lowest BCUT2D eigenvalue weighted by atomic mass is 10.1. The minimum Gasteiger partial charge on any atom is -0.338 e. The van der Waals surface area contributed by atoms with Crippen molar-refractivity contribution in [3.8, 4) is 0 Å². The van der Waals surface area contributed by atoms with Crippen LogP contribution in [-0.4, -0.2) is 22.3 Å². The Kier molecular flexibility index (Phi) is 8.87. The summed E-state index contributed by atoms with van der Waals surface area (Å²) in [6.07, 6.45) is 6.32. The molecule has 1 aromatic heterocycles. The van der Waals surface area contributed by atoms with Crippen LogP contribution >= 0.6 is 22.9 Å². The van der Waals surface area contributed by atoms with Gasteiger partial charge in [-0.2, -0.15) is 0 Å². The molecule has 1 amide bonds. The number of thiazole rings is 1. The van der Waals surface area contributed by atoms with E-state index in [9.17, 15) is 4.79 Å². The summed E-state index contributed by atoms with van der Waals surface area (Å²) >= 11 is 7.84. The fourth-order valence-corrected chi connectivity index (χ4v) is 4.27. The highest BCUT2D eigenvalue weighted by Gasteiger charge is 2.21. The highest BCUT2D eigenvalue weighted by atomic mass is 35.5. The van der Waals surface area contributed by atoms with Gasteiger partial charge in [-0.3, -0.25) is 4.79 Å². The van der Waals surface area contributed by atoms with Crippen LogP contribution in [-0.2, 0) is 4.79 Å². The molecule has 1 aliphatic heterocycles. The molecule has 5 heteroatoms. The Morgan fingerprint density at radius 2 is 2.04 bits per heavy atom. The first-order valence-electron chi connectivity index (χ1n) is 8.33. The summed E-state index contributed by atoms with van der Waals surface area (Å²) < 4.78 is 1.09. The quantitative estimate of drug-likeness (QED) is 0.594. The van der Waals surface area contributed by atoms with Gasteiger partial charge in [-0.15, -0.1) is 11.3 Å². The minimum absolute atomic E-state index is 0. The first-order chi connectivity index (χ1) is 11.1. The van der Waals surface area contributed by atoms with Crippen molar-refractivity contribution in [1.82, 2.24) is 9.88 Å². The largest absolute Gasteiger partial charge is 0.338 e. The van der Waals surface area contributed by atoms with Gasteiger partial charge in [0.2, 0.25) is 5.91 Å². The number of carbonyl (C=O) groups excluding carboxylic acids is 1. The van der Waals surface area contributed by atoms with Crippen molar-refractivity contribution in [2.45, 2.75) is 66.2 Å². The van der Waals surface area contributed by atoms with Crippen LogP contribution in [0.1, 0.15) is 71.2 Å². The Morgan fingerprint density at radius 1 is 1.28 bits per heavy atom. The summed E-state index contributed by atoms with van der Waals surface area (Å²) in [5, 5.41) is 1.68. The van der Waals surface area contributed by atoms with Crippen LogP contribution in [0.2, 0.25) is 5.02 Å². The zero-order chi connectivity index (χ0) is 16.2. The average molecular weight is 382 g/mol. The Bertz CT molecular complexity index is 677. The Hall–Kier alpha value is -1.13. The van der Waals surface area contributed by atoms with Crippen molar-refractivity contribution >= 4 is 39.1 Å². The lowest BCUT2D eigenvalue weighted by Crippen LogP contribution is -2.31. The van der Waals surface area contributed by atoms with E-state index in [-0.39, 0.29) is 26.7 Å². The molecule has 1 unspecified atom stereocenters. The van der Waals surface area contributed by atoms with Gasteiger partial charge in [0.1, 0.15) is 5.52 Å². The zero-order valence-electron chi connectivity index (χ0n) is 13.4. The summed E-state index contributed by atoms with van der Waals surface area (Å²) in [5.41, 5.74) is 0.853. The number of likely N-dealkylation sites (tertiary alicyclic amines) is 1. The highest BCUT2D eigenvalue weighted by Crippen LogP contribution is 2.33. The van der Waals surface area contributed by atoms with Crippen molar-refractivity contribution < 1.29 is 4.79 Å². The van der Waals surface area contributed by atoms with Crippen LogP contribution in [0.5, 0.6) is 0 Å². The van der Waals surface area contributed by atoms with Gasteiger partial charge in [0.05, 0.1) is 21.3 Å². The Balaban J connectivity index is 0.00000156. The molecular weight excluding hydrogens is 352 g/mol.